The highest BCUT2D eigenvalue weighted by atomic mass is 16.2. The first-order valence-corrected chi connectivity index (χ1v) is 7.11. The molecule has 1 aliphatic rings. The number of hydrogen-bond acceptors (Lipinski definition) is 2. The minimum atomic E-state index is -0.572. The fraction of sp³-hybridized carbons (Fsp3) is 0.375. The largest absolute Gasteiger partial charge is 0.351 e. The van der Waals surface area contributed by atoms with Gasteiger partial charge in [0.25, 0.3) is 0 Å². The molecule has 1 aliphatic carbocycles. The summed E-state index contributed by atoms with van der Waals surface area (Å²) in [7, 11) is 0. The summed E-state index contributed by atoms with van der Waals surface area (Å²) in [5.74, 6) is 0.549. The van der Waals surface area contributed by atoms with Gasteiger partial charge in [-0.25, -0.2) is 4.79 Å². The van der Waals surface area contributed by atoms with Crippen molar-refractivity contribution in [1.29, 1.82) is 0 Å². The Labute approximate surface area is 119 Å². The van der Waals surface area contributed by atoms with Gasteiger partial charge in [0.15, 0.2) is 0 Å². The lowest BCUT2D eigenvalue weighted by Crippen LogP contribution is -2.35. The van der Waals surface area contributed by atoms with E-state index < -0.39 is 6.03 Å². The van der Waals surface area contributed by atoms with E-state index in [-0.39, 0.29) is 0 Å². The number of rotatable bonds is 3. The van der Waals surface area contributed by atoms with E-state index >= 15 is 0 Å². The van der Waals surface area contributed by atoms with Crippen molar-refractivity contribution in [2.24, 2.45) is 10.7 Å². The molecule has 3 N–H and O–H groups in total. The van der Waals surface area contributed by atoms with Crippen LogP contribution in [0.15, 0.2) is 41.4 Å². The van der Waals surface area contributed by atoms with Gasteiger partial charge < -0.3 is 5.73 Å². The lowest BCUT2D eigenvalue weighted by atomic mass is 9.96. The first kappa shape index (κ1) is 14.3. The maximum absolute atomic E-state index is 11.1. The van der Waals surface area contributed by atoms with E-state index in [2.05, 4.69) is 10.3 Å². The molecule has 0 heterocycles. The van der Waals surface area contributed by atoms with Gasteiger partial charge in [-0.2, -0.15) is 0 Å². The van der Waals surface area contributed by atoms with Gasteiger partial charge in [0, 0.05) is 0 Å². The number of carbonyl (C=O) groups excluding carboxylic acids is 1. The highest BCUT2D eigenvalue weighted by Gasteiger charge is 2.12. The third-order valence-corrected chi connectivity index (χ3v) is 3.38. The van der Waals surface area contributed by atoms with Gasteiger partial charge in [-0.15, -0.1) is 0 Å². The number of urea groups is 1. The molecule has 4 heteroatoms. The summed E-state index contributed by atoms with van der Waals surface area (Å²) in [6, 6.07) is 9.63. The first-order chi connectivity index (χ1) is 9.74. The SMILES string of the molecule is NC(=O)NC(C=Cc1ccccc1)=NC1CCCCC1. The summed E-state index contributed by atoms with van der Waals surface area (Å²) in [4.78, 5) is 15.7. The second-order valence-corrected chi connectivity index (χ2v) is 5.04. The Balaban J connectivity index is 2.08. The first-order valence-electron chi connectivity index (χ1n) is 7.11. The fourth-order valence-electron chi connectivity index (χ4n) is 2.39. The Hall–Kier alpha value is -2.10. The molecule has 1 aromatic rings. The number of amides is 2. The number of amidine groups is 1. The number of nitrogens with two attached hydrogens (primary N) is 1. The third kappa shape index (κ3) is 4.88. The zero-order chi connectivity index (χ0) is 14.2. The topological polar surface area (TPSA) is 67.5 Å². The molecule has 4 nitrogen and oxygen atoms in total. The normalized spacial score (nSPS) is 17.3. The molecule has 0 saturated heterocycles. The second kappa shape index (κ2) is 7.48. The molecule has 20 heavy (non-hydrogen) atoms. The van der Waals surface area contributed by atoms with Crippen molar-refractivity contribution in [3.63, 3.8) is 0 Å². The molecule has 0 bridgehead atoms. The summed E-state index contributed by atoms with van der Waals surface area (Å²) in [6.07, 6.45) is 9.61. The van der Waals surface area contributed by atoms with Crippen molar-refractivity contribution in [2.45, 2.75) is 38.1 Å². The van der Waals surface area contributed by atoms with Crippen LogP contribution in [-0.4, -0.2) is 17.9 Å². The highest BCUT2D eigenvalue weighted by molar-refractivity contribution is 6.05. The molecule has 0 aliphatic heterocycles. The molecule has 0 unspecified atom stereocenters. The number of benzene rings is 1. The average Bonchev–Trinajstić information content (AvgIpc) is 2.46. The van der Waals surface area contributed by atoms with Crippen molar-refractivity contribution < 1.29 is 4.79 Å². The van der Waals surface area contributed by atoms with Crippen LogP contribution in [-0.2, 0) is 0 Å². The molecular formula is C16H21N3O. The molecule has 1 saturated carbocycles. The molecule has 2 rings (SSSR count). The number of hydrogen-bond donors (Lipinski definition) is 2. The lowest BCUT2D eigenvalue weighted by Gasteiger charge is -2.18. The monoisotopic (exact) mass is 271 g/mol. The molecule has 2 amide bonds. The number of nitrogens with zero attached hydrogens (tertiary/aromatic N) is 1. The second-order valence-electron chi connectivity index (χ2n) is 5.04. The number of aliphatic imine (C=N–C) groups is 1. The van der Waals surface area contributed by atoms with E-state index in [9.17, 15) is 4.79 Å². The van der Waals surface area contributed by atoms with Gasteiger partial charge in [-0.05, 0) is 24.5 Å². The van der Waals surface area contributed by atoms with Gasteiger partial charge in [-0.1, -0.05) is 55.7 Å². The van der Waals surface area contributed by atoms with Gasteiger partial charge in [0.05, 0.1) is 6.04 Å². The lowest BCUT2D eigenvalue weighted by molar-refractivity contribution is 0.253. The van der Waals surface area contributed by atoms with Crippen LogP contribution in [0.3, 0.4) is 0 Å². The Kier molecular flexibility index (Phi) is 5.35. The average molecular weight is 271 g/mol. The Morgan fingerprint density at radius 3 is 2.55 bits per heavy atom. The predicted octanol–water partition coefficient (Wildman–Crippen LogP) is 3.10. The van der Waals surface area contributed by atoms with Crippen molar-refractivity contribution in [3.8, 4) is 0 Å². The van der Waals surface area contributed by atoms with Crippen LogP contribution in [0.25, 0.3) is 6.08 Å². The molecule has 106 valence electrons. The van der Waals surface area contributed by atoms with Gasteiger partial charge in [0.2, 0.25) is 0 Å². The quantitative estimate of drug-likeness (QED) is 0.643. The Morgan fingerprint density at radius 1 is 1.20 bits per heavy atom. The van der Waals surface area contributed by atoms with Crippen molar-refractivity contribution in [1.82, 2.24) is 5.32 Å². The molecule has 1 aromatic carbocycles. The van der Waals surface area contributed by atoms with Crippen LogP contribution < -0.4 is 11.1 Å². The van der Waals surface area contributed by atoms with E-state index in [4.69, 9.17) is 5.73 Å². The van der Waals surface area contributed by atoms with Crippen LogP contribution in [0, 0.1) is 0 Å². The Morgan fingerprint density at radius 2 is 1.90 bits per heavy atom. The molecular weight excluding hydrogens is 250 g/mol. The third-order valence-electron chi connectivity index (χ3n) is 3.38. The van der Waals surface area contributed by atoms with E-state index in [0.29, 0.717) is 11.9 Å². The van der Waals surface area contributed by atoms with E-state index in [1.54, 1.807) is 0 Å². The predicted molar refractivity (Wildman–Crippen MR) is 82.5 cm³/mol. The molecule has 0 aromatic heterocycles. The number of carbonyl (C=O) groups is 1. The molecule has 0 radical (unpaired) electrons. The summed E-state index contributed by atoms with van der Waals surface area (Å²) in [5.41, 5.74) is 6.27. The van der Waals surface area contributed by atoms with Gasteiger partial charge in [0.1, 0.15) is 5.84 Å². The van der Waals surface area contributed by atoms with Crippen LogP contribution in [0.4, 0.5) is 4.79 Å². The standard InChI is InChI=1S/C16H21N3O/c17-16(20)19-15(18-14-9-5-2-6-10-14)12-11-13-7-3-1-4-8-13/h1,3-4,7-8,11-12,14H,2,5-6,9-10H2,(H3,17,18,19,20). The zero-order valence-electron chi connectivity index (χ0n) is 11.6. The Bertz CT molecular complexity index is 488. The zero-order valence-corrected chi connectivity index (χ0v) is 11.6. The minimum Gasteiger partial charge on any atom is -0.351 e. The molecule has 0 spiro atoms. The summed E-state index contributed by atoms with van der Waals surface area (Å²) >= 11 is 0. The van der Waals surface area contributed by atoms with Crippen molar-refractivity contribution in [2.75, 3.05) is 0 Å². The summed E-state index contributed by atoms with van der Waals surface area (Å²) in [5, 5.41) is 2.60. The van der Waals surface area contributed by atoms with Crippen molar-refractivity contribution >= 4 is 17.9 Å². The number of nitrogens with one attached hydrogen (secondary N) is 1. The number of primary amides is 1. The van der Waals surface area contributed by atoms with Gasteiger partial charge in [-0.3, -0.25) is 10.3 Å². The van der Waals surface area contributed by atoms with Crippen LogP contribution >= 0.6 is 0 Å². The van der Waals surface area contributed by atoms with Gasteiger partial charge >= 0.3 is 6.03 Å². The summed E-state index contributed by atoms with van der Waals surface area (Å²) < 4.78 is 0. The van der Waals surface area contributed by atoms with Crippen LogP contribution in [0.5, 0.6) is 0 Å². The van der Waals surface area contributed by atoms with E-state index in [1.807, 2.05) is 42.5 Å². The van der Waals surface area contributed by atoms with Crippen LogP contribution in [0.2, 0.25) is 0 Å². The minimum absolute atomic E-state index is 0.297. The maximum Gasteiger partial charge on any atom is 0.317 e. The summed E-state index contributed by atoms with van der Waals surface area (Å²) in [6.45, 7) is 0. The van der Waals surface area contributed by atoms with Crippen LogP contribution in [0.1, 0.15) is 37.7 Å². The fourth-order valence-corrected chi connectivity index (χ4v) is 2.39. The molecule has 0 atom stereocenters. The maximum atomic E-state index is 11.1. The highest BCUT2D eigenvalue weighted by Crippen LogP contribution is 2.20. The smallest absolute Gasteiger partial charge is 0.317 e. The molecule has 1 fully saturated rings. The van der Waals surface area contributed by atoms with Crippen molar-refractivity contribution in [3.05, 3.63) is 42.0 Å². The van der Waals surface area contributed by atoms with E-state index in [1.165, 1.54) is 19.3 Å². The van der Waals surface area contributed by atoms with E-state index in [0.717, 1.165) is 18.4 Å².